The first kappa shape index (κ1) is 91.6. The van der Waals surface area contributed by atoms with E-state index in [0.717, 1.165) is 22.3 Å². The number of carbonyl (C=O) groups is 12. The number of hydrogen-bond acceptors (Lipinski definition) is 22. The van der Waals surface area contributed by atoms with Crippen molar-refractivity contribution in [3.05, 3.63) is 112 Å². The number of hydrogen-bond donors (Lipinski definition) is 8. The van der Waals surface area contributed by atoms with Crippen molar-refractivity contribution in [2.45, 2.75) is 197 Å². The maximum absolute atomic E-state index is 15.0. The Bertz CT molecular complexity index is 3860. The molecule has 27 nitrogen and oxygen atoms in total. The van der Waals surface area contributed by atoms with Gasteiger partial charge in [0.15, 0.2) is 17.3 Å². The fourth-order valence-electron chi connectivity index (χ4n) is 14.8. The van der Waals surface area contributed by atoms with Crippen LogP contribution in [-0.2, 0) is 76.8 Å². The zero-order valence-corrected chi connectivity index (χ0v) is 70.3. The summed E-state index contributed by atoms with van der Waals surface area (Å²) in [7, 11) is 6.23. The summed E-state index contributed by atoms with van der Waals surface area (Å²) in [6.07, 6.45) is 1.44. The molecule has 0 radical (unpaired) electrons. The maximum atomic E-state index is 15.0. The molecule has 3 fully saturated rings. The minimum Gasteiger partial charge on any atom is -0.480 e. The van der Waals surface area contributed by atoms with Crippen molar-refractivity contribution >= 4 is 141 Å². The van der Waals surface area contributed by atoms with Crippen molar-refractivity contribution in [3.8, 4) is 0 Å². The van der Waals surface area contributed by atoms with E-state index in [4.69, 9.17) is 19.9 Å². The van der Waals surface area contributed by atoms with Crippen molar-refractivity contribution in [3.63, 3.8) is 0 Å². The number of likely N-dealkylation sites (tertiary alicyclic amines) is 1. The zero-order chi connectivity index (χ0) is 82.2. The highest BCUT2D eigenvalue weighted by Crippen LogP contribution is 2.40. The number of carbonyl (C=O) groups excluding carboxylic acids is 11. The number of thioether (sulfide) groups is 4. The Labute approximate surface area is 678 Å². The van der Waals surface area contributed by atoms with Gasteiger partial charge >= 0.3 is 18.1 Å². The number of nitrogens with one attached hydrogen (secondary N) is 5. The third-order valence-electron chi connectivity index (χ3n) is 21.1. The number of rotatable bonds is 43. The second-order valence-electron chi connectivity index (χ2n) is 30.0. The van der Waals surface area contributed by atoms with Gasteiger partial charge in [0.25, 0.3) is 5.91 Å². The van der Waals surface area contributed by atoms with Crippen LogP contribution in [0, 0.1) is 41.4 Å². The highest BCUT2D eigenvalue weighted by atomic mass is 32.2. The Morgan fingerprint density at radius 3 is 2.03 bits per heavy atom. The summed E-state index contributed by atoms with van der Waals surface area (Å²) < 4.78 is 18.0. The van der Waals surface area contributed by atoms with Crippen LogP contribution in [0.4, 0.5) is 21.0 Å². The molecule has 15 atom stereocenters. The van der Waals surface area contributed by atoms with Gasteiger partial charge in [-0.1, -0.05) is 111 Å². The topological polar surface area (TPSA) is 382 Å². The number of aliphatic hydroxyl groups excluding tert-OH is 1. The van der Waals surface area contributed by atoms with Gasteiger partial charge in [0.05, 0.1) is 71.9 Å². The molecular weight excluding hydrogens is 1530 g/mol. The lowest BCUT2D eigenvalue weighted by Gasteiger charge is -2.41. The number of nitrogens with two attached hydrogens (primary N) is 1. The predicted molar refractivity (Wildman–Crippen MR) is 439 cm³/mol. The first-order valence-electron chi connectivity index (χ1n) is 38.1. The van der Waals surface area contributed by atoms with Crippen LogP contribution in [0.1, 0.15) is 152 Å². The monoisotopic (exact) mass is 1640 g/mol. The van der Waals surface area contributed by atoms with Gasteiger partial charge in [-0.05, 0) is 103 Å². The zero-order valence-electron chi connectivity index (χ0n) is 66.2. The van der Waals surface area contributed by atoms with Crippen LogP contribution in [-0.4, -0.2) is 216 Å². The minimum atomic E-state index is -1.15. The molecule has 4 heterocycles. The standard InChI is InChI=1S/C80H112N10O17S5/c1-14-47(8)67(62(105-12)39-64(95)90-30-19-23-58(90)68(106-13)48(9)72(96)86-57(76-82-29-31-108-76)34-49-20-16-15-17-21-49)88(10)77(100)56(44(2)3)38-60(93)66(46(6)7)89(11)80(104)107-41-50-24-26-54(27-25-50)84-73(97)52(22-18-28-83-79(81)103)37-59(92)65(45(4)5)87-74(98)53-32-51(35-61(94)69-71(78(101)102)112-43-110-69)33-55(36-53)85-75(99)70-63(40-91)109-42-111-70/h15-17,20-21,24-27,29,31-33,36,44-48,52,56-58,62-63,65-71,91H,14,18-19,22-23,28,30,34-35,37-43H2,1-13H3,(H,84,97)(H,85,99)(H,86,96)(H,87,98)(H,101,102)(H3,81,83,103)/t47-,48+,52+,56-,57-,58-,62+,63?,65-,66-,67-,68+,69?,70?,71?/m0/s1. The van der Waals surface area contributed by atoms with E-state index in [1.165, 1.54) is 83.9 Å². The number of anilines is 2. The van der Waals surface area contributed by atoms with E-state index in [-0.39, 0.29) is 122 Å². The van der Waals surface area contributed by atoms with Gasteiger partial charge in [-0.15, -0.1) is 58.4 Å². The lowest BCUT2D eigenvalue weighted by Crippen LogP contribution is -2.54. The average molecular weight is 1650 g/mol. The molecule has 32 heteroatoms. The molecule has 614 valence electrons. The number of nitrogens with zero attached hydrogens (tertiary/aromatic N) is 4. The summed E-state index contributed by atoms with van der Waals surface area (Å²) in [5.74, 6) is -8.70. The molecule has 1 aromatic heterocycles. The molecule has 3 aliphatic heterocycles. The average Bonchev–Trinajstić information content (AvgIpc) is 0.983. The number of carboxylic acid groups (broad SMARTS) is 1. The van der Waals surface area contributed by atoms with Gasteiger partial charge < -0.3 is 71.4 Å². The highest BCUT2D eigenvalue weighted by Gasteiger charge is 2.45. The molecule has 0 aliphatic carbocycles. The molecule has 9 amide bonds. The molecule has 0 saturated carbocycles. The van der Waals surface area contributed by atoms with Gasteiger partial charge in [-0.2, -0.15) is 0 Å². The lowest BCUT2D eigenvalue weighted by molar-refractivity contribution is -0.149. The van der Waals surface area contributed by atoms with E-state index >= 15 is 4.79 Å². The number of methoxy groups -OCH3 is 2. The number of aliphatic hydroxyl groups is 1. The molecule has 112 heavy (non-hydrogen) atoms. The highest BCUT2D eigenvalue weighted by molar-refractivity contribution is 8.20. The van der Waals surface area contributed by atoms with E-state index < -0.39 is 123 Å². The van der Waals surface area contributed by atoms with Crippen LogP contribution in [0.3, 0.4) is 0 Å². The van der Waals surface area contributed by atoms with E-state index in [1.54, 1.807) is 82.1 Å². The summed E-state index contributed by atoms with van der Waals surface area (Å²) in [6, 6.07) is 16.3. The second-order valence-corrected chi connectivity index (χ2v) is 36.3. The Morgan fingerprint density at radius 2 is 1.41 bits per heavy atom. The number of benzene rings is 3. The molecule has 0 spiro atoms. The molecule has 4 aromatic rings. The molecular formula is C80H112N10O17S5. The molecule has 4 unspecified atom stereocenters. The van der Waals surface area contributed by atoms with Crippen LogP contribution < -0.4 is 32.3 Å². The Kier molecular flexibility index (Phi) is 36.3. The van der Waals surface area contributed by atoms with E-state index in [9.17, 15) is 63.0 Å². The van der Waals surface area contributed by atoms with Crippen LogP contribution in [0.15, 0.2) is 84.4 Å². The maximum Gasteiger partial charge on any atom is 0.410 e. The van der Waals surface area contributed by atoms with Crippen LogP contribution in [0.25, 0.3) is 0 Å². The number of primary amides is 1. The lowest BCUT2D eigenvalue weighted by atomic mass is 9.83. The SMILES string of the molecule is CC[C@H](C)[C@@H]([C@@H](CC(=O)N1CCC[C@H]1[C@H](OC)[C@@H](C)C(=O)N[C@@H](Cc1ccccc1)c1nccs1)OC)N(C)C(=O)[C@@H](CC(=O)[C@H](C(C)C)N(C)C(=O)OCc1ccc(NC(=O)[C@H](CCCNC(N)=O)CC(=O)[C@@H](NC(=O)c2cc(CC(=O)C3SCSC3C(=O)O)cc(NC(=O)C3SCSC3CO)c2)C(C)C)cc1)C(C)C. The van der Waals surface area contributed by atoms with Gasteiger partial charge in [-0.3, -0.25) is 47.9 Å². The van der Waals surface area contributed by atoms with Gasteiger partial charge in [0.1, 0.15) is 16.9 Å². The summed E-state index contributed by atoms with van der Waals surface area (Å²) in [5.41, 5.74) is 7.69. The smallest absolute Gasteiger partial charge is 0.410 e. The number of carboxylic acids is 1. The van der Waals surface area contributed by atoms with Crippen LogP contribution in [0.2, 0.25) is 0 Å². The van der Waals surface area contributed by atoms with Gasteiger partial charge in [-0.25, -0.2) is 14.6 Å². The minimum absolute atomic E-state index is 0.0120. The van der Waals surface area contributed by atoms with E-state index in [0.29, 0.717) is 59.2 Å². The Morgan fingerprint density at radius 1 is 0.723 bits per heavy atom. The van der Waals surface area contributed by atoms with Crippen LogP contribution >= 0.6 is 58.4 Å². The molecule has 3 saturated heterocycles. The molecule has 3 aliphatic rings. The number of likely N-dealkylation sites (N-methyl/N-ethyl adjacent to an activating group) is 2. The number of ketones is 3. The summed E-state index contributed by atoms with van der Waals surface area (Å²) in [5, 5.41) is 34.8. The predicted octanol–water partition coefficient (Wildman–Crippen LogP) is 9.88. The van der Waals surface area contributed by atoms with Crippen molar-refractivity contribution in [1.82, 2.24) is 35.6 Å². The summed E-state index contributed by atoms with van der Waals surface area (Å²) >= 11 is 6.61. The molecule has 7 rings (SSSR count). The number of amides is 9. The molecule has 0 bridgehead atoms. The summed E-state index contributed by atoms with van der Waals surface area (Å²) in [4.78, 5) is 176. The van der Waals surface area contributed by atoms with Crippen molar-refractivity contribution in [1.29, 1.82) is 0 Å². The number of aromatic nitrogens is 1. The van der Waals surface area contributed by atoms with Gasteiger partial charge in [0.2, 0.25) is 29.5 Å². The third kappa shape index (κ3) is 25.5. The van der Waals surface area contributed by atoms with Crippen molar-refractivity contribution < 1.29 is 82.0 Å². The number of thiazole rings is 1. The number of Topliss-reactive ketones (excluding diaryl/α,β-unsaturated/α-hetero) is 3. The molecule has 9 N–H and O–H groups in total. The number of ether oxygens (including phenoxy) is 3. The first-order chi connectivity index (χ1) is 53.3. The second kappa shape index (κ2) is 44.3. The Hall–Kier alpha value is -7.59. The fraction of sp³-hybridized carbons (Fsp3) is 0.588. The van der Waals surface area contributed by atoms with E-state index in [1.807, 2.05) is 70.3 Å². The van der Waals surface area contributed by atoms with Gasteiger partial charge in [0, 0.05) is 116 Å². The van der Waals surface area contributed by atoms with Crippen molar-refractivity contribution in [2.75, 3.05) is 68.8 Å². The normalized spacial score (nSPS) is 19.6. The van der Waals surface area contributed by atoms with Crippen LogP contribution in [0.5, 0.6) is 0 Å². The molecule has 3 aromatic carbocycles. The number of aliphatic carboxylic acids is 1. The third-order valence-corrected chi connectivity index (χ3v) is 28.0. The fourth-order valence-corrected chi connectivity index (χ4v) is 21.5. The quantitative estimate of drug-likeness (QED) is 0.0191. The number of urea groups is 1. The Balaban J connectivity index is 0.967. The summed E-state index contributed by atoms with van der Waals surface area (Å²) in [6.45, 7) is 16.6. The first-order valence-corrected chi connectivity index (χ1v) is 43.2. The van der Waals surface area contributed by atoms with E-state index in [2.05, 4.69) is 31.6 Å². The largest absolute Gasteiger partial charge is 0.480 e. The van der Waals surface area contributed by atoms with Crippen molar-refractivity contribution in [2.24, 2.45) is 47.2 Å².